The van der Waals surface area contributed by atoms with Crippen LogP contribution in [-0.4, -0.2) is 37.8 Å². The van der Waals surface area contributed by atoms with Crippen molar-refractivity contribution in [1.82, 2.24) is 19.9 Å². The van der Waals surface area contributed by atoms with Gasteiger partial charge in [0.25, 0.3) is 0 Å². The van der Waals surface area contributed by atoms with Gasteiger partial charge in [0.05, 0.1) is 22.6 Å². The first kappa shape index (κ1) is 22.1. The van der Waals surface area contributed by atoms with Gasteiger partial charge in [-0.15, -0.1) is 11.3 Å². The maximum atomic E-state index is 14.9. The summed E-state index contributed by atoms with van der Waals surface area (Å²) in [6, 6.07) is 11.9. The number of fused-ring (bicyclic) bond motifs is 1. The van der Waals surface area contributed by atoms with E-state index >= 15 is 0 Å². The Morgan fingerprint density at radius 2 is 1.91 bits per heavy atom. The van der Waals surface area contributed by atoms with Crippen LogP contribution < -0.4 is 5.32 Å². The molecule has 1 amide bonds. The van der Waals surface area contributed by atoms with Gasteiger partial charge in [0.15, 0.2) is 0 Å². The number of aromatic nitrogens is 3. The molecule has 2 aromatic heterocycles. The number of amides is 1. The first-order valence-electron chi connectivity index (χ1n) is 12.0. The van der Waals surface area contributed by atoms with Crippen molar-refractivity contribution in [2.24, 2.45) is 0 Å². The van der Waals surface area contributed by atoms with Crippen LogP contribution in [0.1, 0.15) is 41.9 Å². The van der Waals surface area contributed by atoms with Crippen molar-refractivity contribution in [3.8, 4) is 11.1 Å². The molecule has 178 valence electrons. The summed E-state index contributed by atoms with van der Waals surface area (Å²) in [6.45, 7) is 2.19. The number of aryl methyl sites for hydroxylation is 1. The van der Waals surface area contributed by atoms with Gasteiger partial charge in [0.2, 0.25) is 5.91 Å². The Labute approximate surface area is 207 Å². The summed E-state index contributed by atoms with van der Waals surface area (Å²) in [5.74, 6) is 0.544. The highest BCUT2D eigenvalue weighted by Crippen LogP contribution is 2.33. The molecular weight excluding hydrogens is 461 g/mol. The number of halogens is 1. The van der Waals surface area contributed by atoms with Crippen LogP contribution in [0.4, 0.5) is 10.2 Å². The zero-order chi connectivity index (χ0) is 23.9. The first-order chi connectivity index (χ1) is 17.0. The molecule has 8 heteroatoms. The molecular formula is C27H26FN5OS. The standard InChI is InChI=1S/C27H26FN5OS/c1-16-31-21(14-35-16)12-26(34)33(22-6-7-22)13-19-10-17(2-8-24(19)28)18-3-9-25-23(11-18)27(30-15-29-25)32-20-4-5-20/h2-3,8-11,14-15,20,22H,4-7,12-13H2,1H3,(H,29,30,32). The van der Waals surface area contributed by atoms with E-state index in [1.54, 1.807) is 23.7 Å². The maximum absolute atomic E-state index is 14.9. The van der Waals surface area contributed by atoms with E-state index in [0.717, 1.165) is 64.2 Å². The topological polar surface area (TPSA) is 71.0 Å². The third-order valence-corrected chi connectivity index (χ3v) is 7.40. The van der Waals surface area contributed by atoms with Crippen LogP contribution in [0.3, 0.4) is 0 Å². The fraction of sp³-hybridized carbons (Fsp3) is 0.333. The largest absolute Gasteiger partial charge is 0.367 e. The molecule has 0 atom stereocenters. The van der Waals surface area contributed by atoms with E-state index in [9.17, 15) is 9.18 Å². The van der Waals surface area contributed by atoms with Crippen molar-refractivity contribution in [2.75, 3.05) is 5.32 Å². The lowest BCUT2D eigenvalue weighted by atomic mass is 10.0. The number of nitrogens with zero attached hydrogens (tertiary/aromatic N) is 4. The van der Waals surface area contributed by atoms with Crippen molar-refractivity contribution in [1.29, 1.82) is 0 Å². The lowest BCUT2D eigenvalue weighted by molar-refractivity contribution is -0.131. The Hall–Kier alpha value is -3.39. The number of benzene rings is 2. The second-order valence-electron chi connectivity index (χ2n) is 9.47. The van der Waals surface area contributed by atoms with E-state index in [4.69, 9.17) is 0 Å². The summed E-state index contributed by atoms with van der Waals surface area (Å²) in [4.78, 5) is 28.2. The second kappa shape index (κ2) is 9.00. The van der Waals surface area contributed by atoms with Crippen LogP contribution in [-0.2, 0) is 17.8 Å². The Kier molecular flexibility index (Phi) is 5.68. The van der Waals surface area contributed by atoms with E-state index < -0.39 is 0 Å². The molecule has 2 fully saturated rings. The van der Waals surface area contributed by atoms with Gasteiger partial charge in [0, 0.05) is 35.0 Å². The lowest BCUT2D eigenvalue weighted by Crippen LogP contribution is -2.34. The minimum atomic E-state index is -0.295. The zero-order valence-corrected chi connectivity index (χ0v) is 20.3. The molecule has 2 aromatic carbocycles. The lowest BCUT2D eigenvalue weighted by Gasteiger charge is -2.23. The molecule has 4 aromatic rings. The van der Waals surface area contributed by atoms with Crippen molar-refractivity contribution < 1.29 is 9.18 Å². The summed E-state index contributed by atoms with van der Waals surface area (Å²) in [7, 11) is 0. The van der Waals surface area contributed by atoms with Gasteiger partial charge in [-0.2, -0.15) is 0 Å². The molecule has 0 radical (unpaired) electrons. The summed E-state index contributed by atoms with van der Waals surface area (Å²) < 4.78 is 14.9. The van der Waals surface area contributed by atoms with Crippen LogP contribution in [0.2, 0.25) is 0 Å². The van der Waals surface area contributed by atoms with E-state index in [0.29, 0.717) is 11.6 Å². The molecule has 35 heavy (non-hydrogen) atoms. The van der Waals surface area contributed by atoms with Crippen LogP contribution in [0.15, 0.2) is 48.1 Å². The molecule has 2 aliphatic carbocycles. The van der Waals surface area contributed by atoms with Gasteiger partial charge >= 0.3 is 0 Å². The molecule has 2 heterocycles. The minimum absolute atomic E-state index is 0.00116. The molecule has 0 aliphatic heterocycles. The van der Waals surface area contributed by atoms with E-state index in [2.05, 4.69) is 26.3 Å². The predicted molar refractivity (Wildman–Crippen MR) is 136 cm³/mol. The predicted octanol–water partition coefficient (Wildman–Crippen LogP) is 5.51. The Morgan fingerprint density at radius 3 is 2.66 bits per heavy atom. The quantitative estimate of drug-likeness (QED) is 0.355. The first-order valence-corrected chi connectivity index (χ1v) is 12.9. The molecule has 0 spiro atoms. The Morgan fingerprint density at radius 1 is 1.11 bits per heavy atom. The van der Waals surface area contributed by atoms with Gasteiger partial charge in [-0.05, 0) is 68.0 Å². The summed E-state index contributed by atoms with van der Waals surface area (Å²) >= 11 is 1.54. The number of rotatable bonds is 8. The number of nitrogens with one attached hydrogen (secondary N) is 1. The smallest absolute Gasteiger partial charge is 0.229 e. The highest BCUT2D eigenvalue weighted by Gasteiger charge is 2.33. The molecule has 1 N–H and O–H groups in total. The molecule has 2 aliphatic rings. The number of hydrogen-bond donors (Lipinski definition) is 1. The van der Waals surface area contributed by atoms with E-state index in [-0.39, 0.29) is 30.7 Å². The summed E-state index contributed by atoms with van der Waals surface area (Å²) in [5.41, 5.74) is 4.05. The average Bonchev–Trinajstić information content (AvgIpc) is 3.79. The van der Waals surface area contributed by atoms with Gasteiger partial charge in [-0.25, -0.2) is 19.3 Å². The van der Waals surface area contributed by atoms with Gasteiger partial charge in [-0.1, -0.05) is 12.1 Å². The molecule has 6 rings (SSSR count). The molecule has 0 saturated heterocycles. The van der Waals surface area contributed by atoms with E-state index in [1.807, 2.05) is 35.4 Å². The van der Waals surface area contributed by atoms with Crippen molar-refractivity contribution >= 4 is 34.0 Å². The average molecular weight is 488 g/mol. The Balaban J connectivity index is 1.28. The molecule has 2 saturated carbocycles. The highest BCUT2D eigenvalue weighted by molar-refractivity contribution is 7.09. The third-order valence-electron chi connectivity index (χ3n) is 6.58. The van der Waals surface area contributed by atoms with Crippen molar-refractivity contribution in [2.45, 2.75) is 57.7 Å². The van der Waals surface area contributed by atoms with Gasteiger partial charge in [-0.3, -0.25) is 4.79 Å². The fourth-order valence-electron chi connectivity index (χ4n) is 4.38. The van der Waals surface area contributed by atoms with Crippen molar-refractivity contribution in [3.63, 3.8) is 0 Å². The number of carbonyl (C=O) groups is 1. The molecule has 0 bridgehead atoms. The van der Waals surface area contributed by atoms with Crippen LogP contribution >= 0.6 is 11.3 Å². The van der Waals surface area contributed by atoms with Crippen LogP contribution in [0, 0.1) is 12.7 Å². The number of thiazole rings is 1. The number of anilines is 1. The SMILES string of the molecule is Cc1nc(CC(=O)N(Cc2cc(-c3ccc4ncnc(NC5CC5)c4c3)ccc2F)C2CC2)cs1. The second-order valence-corrected chi connectivity index (χ2v) is 10.5. The van der Waals surface area contributed by atoms with Crippen LogP contribution in [0.25, 0.3) is 22.0 Å². The normalized spacial score (nSPS) is 15.4. The summed E-state index contributed by atoms with van der Waals surface area (Å²) in [5, 5.41) is 7.30. The summed E-state index contributed by atoms with van der Waals surface area (Å²) in [6.07, 6.45) is 6.08. The van der Waals surface area contributed by atoms with Gasteiger partial charge in [0.1, 0.15) is 18.0 Å². The zero-order valence-electron chi connectivity index (χ0n) is 19.5. The van der Waals surface area contributed by atoms with Gasteiger partial charge < -0.3 is 10.2 Å². The highest BCUT2D eigenvalue weighted by atomic mass is 32.1. The maximum Gasteiger partial charge on any atom is 0.229 e. The number of hydrogen-bond acceptors (Lipinski definition) is 6. The third kappa shape index (κ3) is 4.89. The fourth-order valence-corrected chi connectivity index (χ4v) is 5.00. The molecule has 6 nitrogen and oxygen atoms in total. The minimum Gasteiger partial charge on any atom is -0.367 e. The Bertz CT molecular complexity index is 1410. The van der Waals surface area contributed by atoms with Crippen LogP contribution in [0.5, 0.6) is 0 Å². The monoisotopic (exact) mass is 487 g/mol. The number of carbonyl (C=O) groups excluding carboxylic acids is 1. The van der Waals surface area contributed by atoms with Crippen molar-refractivity contribution in [3.05, 3.63) is 70.2 Å². The molecule has 0 unspecified atom stereocenters. The van der Waals surface area contributed by atoms with E-state index in [1.165, 1.54) is 6.07 Å².